The molecule has 4 aliphatic rings. The lowest BCUT2D eigenvalue weighted by Crippen LogP contribution is -2.51. The quantitative estimate of drug-likeness (QED) is 0.721. The van der Waals surface area contributed by atoms with Gasteiger partial charge in [0.1, 0.15) is 0 Å². The number of ketones is 1. The second-order valence-electron chi connectivity index (χ2n) is 10.6. The van der Waals surface area contributed by atoms with Crippen molar-refractivity contribution in [3.05, 3.63) is 11.6 Å². The largest absolute Gasteiger partial charge is 0.481 e. The van der Waals surface area contributed by atoms with Gasteiger partial charge < -0.3 is 10.2 Å². The molecule has 0 aromatic carbocycles. The summed E-state index contributed by atoms with van der Waals surface area (Å²) in [6.45, 7) is 4.97. The minimum absolute atomic E-state index is 0.112. The number of carboxylic acid groups (broad SMARTS) is 1. The average Bonchev–Trinajstić information content (AvgIpc) is 3.00. The number of aliphatic hydroxyl groups excluding tert-OH is 1. The molecular weight excluding hydrogens is 352 g/mol. The Labute approximate surface area is 168 Å². The first-order valence-corrected chi connectivity index (χ1v) is 11.4. The third-order valence-corrected chi connectivity index (χ3v) is 9.57. The van der Waals surface area contributed by atoms with E-state index in [4.69, 9.17) is 5.11 Å². The fraction of sp³-hybridized carbons (Fsp3) is 0.833. The van der Waals surface area contributed by atoms with E-state index in [0.717, 1.165) is 25.2 Å². The van der Waals surface area contributed by atoms with Gasteiger partial charge in [-0.1, -0.05) is 19.4 Å². The molecule has 7 atom stereocenters. The number of rotatable bonds is 5. The van der Waals surface area contributed by atoms with Crippen LogP contribution in [0.4, 0.5) is 0 Å². The van der Waals surface area contributed by atoms with Gasteiger partial charge in [-0.3, -0.25) is 9.59 Å². The Kier molecular flexibility index (Phi) is 5.22. The number of carbonyl (C=O) groups excluding carboxylic acids is 1. The van der Waals surface area contributed by atoms with Crippen molar-refractivity contribution in [1.29, 1.82) is 0 Å². The highest BCUT2D eigenvalue weighted by Crippen LogP contribution is 2.67. The highest BCUT2D eigenvalue weighted by Gasteiger charge is 2.59. The molecule has 0 heterocycles. The molecule has 0 amide bonds. The van der Waals surface area contributed by atoms with E-state index < -0.39 is 5.97 Å². The van der Waals surface area contributed by atoms with E-state index >= 15 is 0 Å². The molecule has 4 rings (SSSR count). The van der Waals surface area contributed by atoms with E-state index in [-0.39, 0.29) is 29.8 Å². The minimum atomic E-state index is -0.756. The predicted octanol–water partition coefficient (Wildman–Crippen LogP) is 4.61. The van der Waals surface area contributed by atoms with Crippen LogP contribution in [-0.2, 0) is 9.59 Å². The van der Waals surface area contributed by atoms with Crippen LogP contribution in [0.25, 0.3) is 0 Å². The molecule has 156 valence electrons. The summed E-state index contributed by atoms with van der Waals surface area (Å²) in [5, 5.41) is 19.1. The summed E-state index contributed by atoms with van der Waals surface area (Å²) in [5.74, 6) is 2.21. The number of hydrogen-bond acceptors (Lipinski definition) is 3. The van der Waals surface area contributed by atoms with Crippen molar-refractivity contribution in [2.45, 2.75) is 78.1 Å². The molecule has 4 nitrogen and oxygen atoms in total. The average molecular weight is 389 g/mol. The Morgan fingerprint density at radius 1 is 1.14 bits per heavy atom. The molecule has 0 aromatic heterocycles. The van der Waals surface area contributed by atoms with Crippen molar-refractivity contribution >= 4 is 11.8 Å². The number of carboxylic acids is 1. The fourth-order valence-electron chi connectivity index (χ4n) is 8.10. The first-order chi connectivity index (χ1) is 13.3. The lowest BCUT2D eigenvalue weighted by atomic mass is 9.46. The van der Waals surface area contributed by atoms with E-state index in [2.05, 4.69) is 13.8 Å². The number of carbonyl (C=O) groups is 2. The number of aliphatic carboxylic acids is 1. The van der Waals surface area contributed by atoms with E-state index in [0.29, 0.717) is 36.4 Å². The first kappa shape index (κ1) is 20.1. The van der Waals surface area contributed by atoms with Crippen LogP contribution < -0.4 is 0 Å². The van der Waals surface area contributed by atoms with Crippen LogP contribution in [-0.4, -0.2) is 28.6 Å². The maximum atomic E-state index is 12.0. The normalized spacial score (nSPS) is 43.5. The van der Waals surface area contributed by atoms with Crippen molar-refractivity contribution < 1.29 is 19.8 Å². The molecule has 2 N–H and O–H groups in total. The van der Waals surface area contributed by atoms with Crippen LogP contribution >= 0.6 is 0 Å². The molecule has 3 fully saturated rings. The molecule has 3 saturated carbocycles. The van der Waals surface area contributed by atoms with Crippen molar-refractivity contribution in [2.24, 2.45) is 40.4 Å². The summed E-state index contributed by atoms with van der Waals surface area (Å²) in [6.07, 6.45) is 11.5. The molecule has 0 spiro atoms. The van der Waals surface area contributed by atoms with Gasteiger partial charge in [0.15, 0.2) is 5.78 Å². The van der Waals surface area contributed by atoms with Crippen LogP contribution in [0.15, 0.2) is 11.6 Å². The van der Waals surface area contributed by atoms with Crippen molar-refractivity contribution in [1.82, 2.24) is 0 Å². The summed E-state index contributed by atoms with van der Waals surface area (Å²) < 4.78 is 0. The van der Waals surface area contributed by atoms with Gasteiger partial charge in [-0.15, -0.1) is 0 Å². The van der Waals surface area contributed by atoms with Crippen LogP contribution in [0.3, 0.4) is 0 Å². The highest BCUT2D eigenvalue weighted by atomic mass is 16.4. The van der Waals surface area contributed by atoms with Crippen molar-refractivity contribution in [2.75, 3.05) is 6.61 Å². The molecule has 0 aliphatic heterocycles. The minimum Gasteiger partial charge on any atom is -0.481 e. The Morgan fingerprint density at radius 2 is 1.93 bits per heavy atom. The Bertz CT molecular complexity index is 682. The standard InChI is InChI=1S/C24H36O4/c1-23-11-9-17(26)13-16(23)4-5-18-20-7-6-19(15(14-25)3-8-22(27)28)24(20,2)12-10-21(18)23/h13,15,18-21,25H,3-12,14H2,1-2H3,(H,27,28)/t15-,18-,19+,20-,21-,23-,24+/m0/s1. The number of allylic oxidation sites excluding steroid dienone is 1. The fourth-order valence-corrected chi connectivity index (χ4v) is 8.10. The number of aliphatic hydroxyl groups is 1. The van der Waals surface area contributed by atoms with E-state index in [1.807, 2.05) is 6.08 Å². The van der Waals surface area contributed by atoms with E-state index in [1.165, 1.54) is 31.3 Å². The van der Waals surface area contributed by atoms with Gasteiger partial charge in [-0.2, -0.15) is 0 Å². The first-order valence-electron chi connectivity index (χ1n) is 11.4. The maximum absolute atomic E-state index is 12.0. The van der Waals surface area contributed by atoms with Gasteiger partial charge >= 0.3 is 5.97 Å². The molecular formula is C24H36O4. The smallest absolute Gasteiger partial charge is 0.303 e. The summed E-state index contributed by atoms with van der Waals surface area (Å²) >= 11 is 0. The molecule has 0 unspecified atom stereocenters. The Balaban J connectivity index is 1.56. The van der Waals surface area contributed by atoms with E-state index in [1.54, 1.807) is 0 Å². The summed E-state index contributed by atoms with van der Waals surface area (Å²) in [5.41, 5.74) is 1.85. The van der Waals surface area contributed by atoms with Gasteiger partial charge in [-0.25, -0.2) is 0 Å². The third-order valence-electron chi connectivity index (χ3n) is 9.57. The topological polar surface area (TPSA) is 74.6 Å². The van der Waals surface area contributed by atoms with Crippen LogP contribution in [0, 0.1) is 40.4 Å². The zero-order valence-electron chi connectivity index (χ0n) is 17.5. The molecule has 28 heavy (non-hydrogen) atoms. The second-order valence-corrected chi connectivity index (χ2v) is 10.6. The molecule has 4 heteroatoms. The van der Waals surface area contributed by atoms with Gasteiger partial charge in [0.25, 0.3) is 0 Å². The van der Waals surface area contributed by atoms with Gasteiger partial charge in [-0.05, 0) is 97.9 Å². The Hall–Kier alpha value is -1.16. The van der Waals surface area contributed by atoms with Gasteiger partial charge in [0, 0.05) is 19.4 Å². The van der Waals surface area contributed by atoms with Crippen LogP contribution in [0.2, 0.25) is 0 Å². The second kappa shape index (κ2) is 7.27. The van der Waals surface area contributed by atoms with E-state index in [9.17, 15) is 14.7 Å². The van der Waals surface area contributed by atoms with Crippen LogP contribution in [0.1, 0.15) is 78.1 Å². The molecule has 0 saturated heterocycles. The molecule has 0 aromatic rings. The highest BCUT2D eigenvalue weighted by molar-refractivity contribution is 5.91. The molecule has 0 bridgehead atoms. The third kappa shape index (κ3) is 3.07. The summed E-state index contributed by atoms with van der Waals surface area (Å²) in [7, 11) is 0. The van der Waals surface area contributed by atoms with Crippen molar-refractivity contribution in [3.8, 4) is 0 Å². The maximum Gasteiger partial charge on any atom is 0.303 e. The van der Waals surface area contributed by atoms with Crippen molar-refractivity contribution in [3.63, 3.8) is 0 Å². The molecule has 0 radical (unpaired) electrons. The lowest BCUT2D eigenvalue weighted by molar-refractivity contribution is -0.137. The monoisotopic (exact) mass is 388 g/mol. The predicted molar refractivity (Wildman–Crippen MR) is 108 cm³/mol. The summed E-state index contributed by atoms with van der Waals surface area (Å²) in [6, 6.07) is 0. The zero-order valence-corrected chi connectivity index (χ0v) is 17.5. The number of fused-ring (bicyclic) bond motifs is 5. The van der Waals surface area contributed by atoms with Gasteiger partial charge in [0.05, 0.1) is 0 Å². The molecule has 4 aliphatic carbocycles. The lowest BCUT2D eigenvalue weighted by Gasteiger charge is -2.58. The Morgan fingerprint density at radius 3 is 2.64 bits per heavy atom. The number of hydrogen-bond donors (Lipinski definition) is 2. The zero-order chi connectivity index (χ0) is 20.1. The summed E-state index contributed by atoms with van der Waals surface area (Å²) in [4.78, 5) is 23.0. The van der Waals surface area contributed by atoms with Gasteiger partial charge in [0.2, 0.25) is 0 Å². The van der Waals surface area contributed by atoms with Crippen LogP contribution in [0.5, 0.6) is 0 Å². The SMILES string of the molecule is C[C@]12CC[C@H]3[C@@H](CCC4=CC(=O)CC[C@@]43C)[C@@H]1CC[C@@H]2[C@H](CO)CCC(=O)O.